The van der Waals surface area contributed by atoms with E-state index >= 15 is 0 Å². The van der Waals surface area contributed by atoms with E-state index < -0.39 is 10.0 Å². The number of sulfonamides is 1. The minimum Gasteiger partial charge on any atom is -0.354 e. The number of carbonyl (C=O) groups is 1. The largest absolute Gasteiger partial charge is 0.354 e. The maximum Gasteiger partial charge on any atom is 0.246 e. The lowest BCUT2D eigenvalue weighted by Gasteiger charge is -2.16. The van der Waals surface area contributed by atoms with Crippen LogP contribution in [-0.4, -0.2) is 49.1 Å². The molecule has 1 atom stereocenters. The molecule has 1 heterocycles. The molecule has 0 aliphatic rings. The first-order valence-corrected chi connectivity index (χ1v) is 10.4. The van der Waals surface area contributed by atoms with Gasteiger partial charge in [-0.15, -0.1) is 0 Å². The summed E-state index contributed by atoms with van der Waals surface area (Å²) in [6.07, 6.45) is 0.912. The lowest BCUT2D eigenvalue weighted by Crippen LogP contribution is -2.32. The van der Waals surface area contributed by atoms with Gasteiger partial charge in [-0.2, -0.15) is 5.10 Å². The van der Waals surface area contributed by atoms with Crippen LogP contribution >= 0.6 is 0 Å². The highest BCUT2D eigenvalue weighted by Gasteiger charge is 2.27. The fourth-order valence-electron chi connectivity index (χ4n) is 3.04. The number of hydrogen-bond donors (Lipinski definition) is 1. The molecule has 0 aliphatic carbocycles. The Bertz CT molecular complexity index is 889. The molecule has 0 aliphatic heterocycles. The normalized spacial score (nSPS) is 13.0. The molecule has 1 aromatic carbocycles. The number of hydrogen-bond acceptors (Lipinski definition) is 4. The summed E-state index contributed by atoms with van der Waals surface area (Å²) < 4.78 is 27.5. The number of rotatable bonds is 8. The van der Waals surface area contributed by atoms with Gasteiger partial charge in [0.15, 0.2) is 0 Å². The number of nitrogens with one attached hydrogen (secondary N) is 1. The van der Waals surface area contributed by atoms with E-state index in [1.807, 2.05) is 18.2 Å². The summed E-state index contributed by atoms with van der Waals surface area (Å²) in [7, 11) is -0.643. The second-order valence-corrected chi connectivity index (χ2v) is 8.85. The van der Waals surface area contributed by atoms with Gasteiger partial charge in [-0.1, -0.05) is 37.3 Å². The van der Waals surface area contributed by atoms with Gasteiger partial charge in [-0.25, -0.2) is 12.7 Å². The van der Waals surface area contributed by atoms with Crippen molar-refractivity contribution in [2.45, 2.75) is 44.6 Å². The molecule has 27 heavy (non-hydrogen) atoms. The summed E-state index contributed by atoms with van der Waals surface area (Å²) in [5.41, 5.74) is 2.04. The average molecular weight is 393 g/mol. The zero-order valence-corrected chi connectivity index (χ0v) is 17.4. The van der Waals surface area contributed by atoms with Gasteiger partial charge < -0.3 is 5.32 Å². The van der Waals surface area contributed by atoms with Crippen molar-refractivity contribution in [1.29, 1.82) is 0 Å². The minimum absolute atomic E-state index is 0.0130. The first-order valence-electron chi connectivity index (χ1n) is 8.96. The summed E-state index contributed by atoms with van der Waals surface area (Å²) in [5.74, 6) is 0.0454. The fourth-order valence-corrected chi connectivity index (χ4v) is 4.30. The summed E-state index contributed by atoms with van der Waals surface area (Å²) in [5, 5.41) is 7.19. The molecule has 2 aromatic rings. The molecule has 0 saturated heterocycles. The van der Waals surface area contributed by atoms with Gasteiger partial charge in [0.25, 0.3) is 0 Å². The van der Waals surface area contributed by atoms with Gasteiger partial charge in [0.2, 0.25) is 15.9 Å². The third-order valence-corrected chi connectivity index (χ3v) is 6.72. The molecule has 0 saturated carbocycles. The van der Waals surface area contributed by atoms with Gasteiger partial charge >= 0.3 is 0 Å². The second kappa shape index (κ2) is 8.67. The number of aromatic nitrogens is 2. The quantitative estimate of drug-likeness (QED) is 0.745. The predicted molar refractivity (Wildman–Crippen MR) is 105 cm³/mol. The standard InChI is InChI=1S/C19H28N4O3S/c1-6-16(17-10-8-7-9-11-17)12-20-18(24)13-23-15(3)19(14(2)21-23)27(25,26)22(4)5/h7-11,16H,6,12-13H2,1-5H3,(H,20,24). The maximum absolute atomic E-state index is 12.5. The fraction of sp³-hybridized carbons (Fsp3) is 0.474. The topological polar surface area (TPSA) is 84.3 Å². The van der Waals surface area contributed by atoms with Crippen LogP contribution in [0.25, 0.3) is 0 Å². The van der Waals surface area contributed by atoms with Crippen LogP contribution in [0.2, 0.25) is 0 Å². The summed E-state index contributed by atoms with van der Waals surface area (Å²) in [6.45, 7) is 5.91. The van der Waals surface area contributed by atoms with Crippen molar-refractivity contribution in [2.24, 2.45) is 0 Å². The van der Waals surface area contributed by atoms with E-state index in [1.165, 1.54) is 24.3 Å². The van der Waals surface area contributed by atoms with E-state index in [0.717, 1.165) is 10.7 Å². The number of nitrogens with zero attached hydrogens (tertiary/aromatic N) is 3. The Morgan fingerprint density at radius 2 is 1.85 bits per heavy atom. The van der Waals surface area contributed by atoms with Crippen LogP contribution in [0.15, 0.2) is 35.2 Å². The molecule has 0 radical (unpaired) electrons. The van der Waals surface area contributed by atoms with E-state index in [1.54, 1.807) is 13.8 Å². The summed E-state index contributed by atoms with van der Waals surface area (Å²) in [6, 6.07) is 10.1. The molecule has 0 bridgehead atoms. The van der Waals surface area contributed by atoms with Gasteiger partial charge in [-0.3, -0.25) is 9.48 Å². The Balaban J connectivity index is 2.08. The van der Waals surface area contributed by atoms with E-state index in [-0.39, 0.29) is 23.3 Å². The molecule has 148 valence electrons. The van der Waals surface area contributed by atoms with Crippen molar-refractivity contribution in [3.63, 3.8) is 0 Å². The van der Waals surface area contributed by atoms with Crippen LogP contribution in [0.1, 0.15) is 36.2 Å². The first kappa shape index (κ1) is 21.1. The molecule has 7 nitrogen and oxygen atoms in total. The Morgan fingerprint density at radius 1 is 1.22 bits per heavy atom. The van der Waals surface area contributed by atoms with Crippen LogP contribution in [0.4, 0.5) is 0 Å². The van der Waals surface area contributed by atoms with Gasteiger partial charge in [0.1, 0.15) is 11.4 Å². The third-order valence-electron chi connectivity index (χ3n) is 4.66. The van der Waals surface area contributed by atoms with Crippen molar-refractivity contribution in [3.8, 4) is 0 Å². The summed E-state index contributed by atoms with van der Waals surface area (Å²) >= 11 is 0. The molecule has 1 aromatic heterocycles. The van der Waals surface area contributed by atoms with E-state index in [4.69, 9.17) is 0 Å². The first-order chi connectivity index (χ1) is 12.7. The monoisotopic (exact) mass is 392 g/mol. The molecule has 1 unspecified atom stereocenters. The lowest BCUT2D eigenvalue weighted by molar-refractivity contribution is -0.121. The third kappa shape index (κ3) is 4.75. The van der Waals surface area contributed by atoms with Crippen molar-refractivity contribution in [1.82, 2.24) is 19.4 Å². The molecule has 2 rings (SSSR count). The van der Waals surface area contributed by atoms with Crippen LogP contribution in [0.5, 0.6) is 0 Å². The van der Waals surface area contributed by atoms with Crippen molar-refractivity contribution in [3.05, 3.63) is 47.3 Å². The number of carbonyl (C=O) groups excluding carboxylic acids is 1. The van der Waals surface area contributed by atoms with Gasteiger partial charge in [0, 0.05) is 26.6 Å². The Morgan fingerprint density at radius 3 is 2.41 bits per heavy atom. The van der Waals surface area contributed by atoms with Gasteiger partial charge in [0.05, 0.1) is 11.4 Å². The molecule has 1 N–H and O–H groups in total. The van der Waals surface area contributed by atoms with Crippen LogP contribution in [0.3, 0.4) is 0 Å². The molecular weight excluding hydrogens is 364 g/mol. The number of benzene rings is 1. The SMILES string of the molecule is CCC(CNC(=O)Cn1nc(C)c(S(=O)(=O)N(C)C)c1C)c1ccccc1. The predicted octanol–water partition coefficient (Wildman–Crippen LogP) is 2.06. The summed E-state index contributed by atoms with van der Waals surface area (Å²) in [4.78, 5) is 12.6. The van der Waals surface area contributed by atoms with Crippen LogP contribution in [-0.2, 0) is 21.4 Å². The van der Waals surface area contributed by atoms with Crippen molar-refractivity contribution in [2.75, 3.05) is 20.6 Å². The lowest BCUT2D eigenvalue weighted by atomic mass is 9.96. The Kier molecular flexibility index (Phi) is 6.78. The smallest absolute Gasteiger partial charge is 0.246 e. The van der Waals surface area contributed by atoms with Gasteiger partial charge in [-0.05, 0) is 25.8 Å². The highest BCUT2D eigenvalue weighted by atomic mass is 32.2. The molecule has 0 spiro atoms. The van der Waals surface area contributed by atoms with Crippen LogP contribution < -0.4 is 5.32 Å². The van der Waals surface area contributed by atoms with E-state index in [0.29, 0.717) is 17.9 Å². The average Bonchev–Trinajstić information content (AvgIpc) is 2.90. The molecular formula is C19H28N4O3S. The highest BCUT2D eigenvalue weighted by Crippen LogP contribution is 2.22. The van der Waals surface area contributed by atoms with E-state index in [2.05, 4.69) is 29.5 Å². The molecule has 1 amide bonds. The minimum atomic E-state index is -3.60. The Labute approximate surface area is 161 Å². The zero-order valence-electron chi connectivity index (χ0n) is 16.6. The number of amides is 1. The number of aryl methyl sites for hydroxylation is 1. The van der Waals surface area contributed by atoms with E-state index in [9.17, 15) is 13.2 Å². The molecule has 8 heteroatoms. The van der Waals surface area contributed by atoms with Crippen molar-refractivity contribution >= 4 is 15.9 Å². The maximum atomic E-state index is 12.5. The second-order valence-electron chi connectivity index (χ2n) is 6.76. The molecule has 0 fully saturated rings. The zero-order chi connectivity index (χ0) is 20.2. The Hall–Kier alpha value is -2.19. The van der Waals surface area contributed by atoms with Crippen molar-refractivity contribution < 1.29 is 13.2 Å². The van der Waals surface area contributed by atoms with Crippen LogP contribution in [0, 0.1) is 13.8 Å². The highest BCUT2D eigenvalue weighted by molar-refractivity contribution is 7.89.